The fourth-order valence-corrected chi connectivity index (χ4v) is 6.28. The van der Waals surface area contributed by atoms with Gasteiger partial charge in [-0.3, -0.25) is 4.79 Å². The molecule has 11 heteroatoms. The highest BCUT2D eigenvalue weighted by molar-refractivity contribution is 6.36. The molecular weight excluding hydrogens is 632 g/mol. The Hall–Kier alpha value is -4.93. The van der Waals surface area contributed by atoms with Crippen LogP contribution in [0.4, 0.5) is 4.79 Å². The molecule has 5 aromatic rings. The third-order valence-corrected chi connectivity index (χ3v) is 8.81. The largest absolute Gasteiger partial charge is 0.496 e. The number of aliphatic hydroxyl groups excluding tert-OH is 1. The van der Waals surface area contributed by atoms with Crippen molar-refractivity contribution in [1.82, 2.24) is 19.4 Å². The first-order valence-electron chi connectivity index (χ1n) is 15.6. The number of methoxy groups -OCH3 is 2. The Morgan fingerprint density at radius 2 is 1.77 bits per heavy atom. The maximum absolute atomic E-state index is 13.2. The number of halogens is 1. The lowest BCUT2D eigenvalue weighted by atomic mass is 9.88. The van der Waals surface area contributed by atoms with Crippen molar-refractivity contribution in [3.05, 3.63) is 89.2 Å². The molecule has 1 N–H and O–H groups in total. The molecule has 1 aliphatic rings. The zero-order valence-electron chi connectivity index (χ0n) is 27.4. The average Bonchev–Trinajstić information content (AvgIpc) is 3.49. The summed E-state index contributed by atoms with van der Waals surface area (Å²) in [5.74, 6) is 1.42. The average molecular weight is 669 g/mol. The Morgan fingerprint density at radius 1 is 1.04 bits per heavy atom. The number of ether oxygens (including phenoxy) is 3. The zero-order valence-corrected chi connectivity index (χ0v) is 28.2. The molecule has 0 bridgehead atoms. The lowest BCUT2D eigenvalue weighted by Crippen LogP contribution is -2.50. The summed E-state index contributed by atoms with van der Waals surface area (Å²) in [6.07, 6.45) is 4.23. The van der Waals surface area contributed by atoms with E-state index in [1.54, 1.807) is 18.1 Å². The van der Waals surface area contributed by atoms with Crippen LogP contribution in [0.5, 0.6) is 11.6 Å². The lowest BCUT2D eigenvalue weighted by Gasteiger charge is -2.41. The lowest BCUT2D eigenvalue weighted by molar-refractivity contribution is -0.0271. The number of hydrogen-bond donors (Lipinski definition) is 1. The molecule has 6 rings (SSSR count). The molecule has 248 valence electrons. The van der Waals surface area contributed by atoms with Crippen molar-refractivity contribution in [2.75, 3.05) is 14.2 Å². The Kier molecular flexibility index (Phi) is 9.13. The van der Waals surface area contributed by atoms with Crippen molar-refractivity contribution in [3.63, 3.8) is 0 Å². The van der Waals surface area contributed by atoms with E-state index in [0.29, 0.717) is 58.4 Å². The van der Waals surface area contributed by atoms with Crippen LogP contribution in [0.15, 0.2) is 73.1 Å². The number of carbonyl (C=O) groups is 2. The molecule has 0 unspecified atom stereocenters. The van der Waals surface area contributed by atoms with Crippen molar-refractivity contribution >= 4 is 34.9 Å². The van der Waals surface area contributed by atoms with Crippen LogP contribution >= 0.6 is 11.6 Å². The highest BCUT2D eigenvalue weighted by Gasteiger charge is 2.37. The molecule has 10 nitrogen and oxygen atoms in total. The summed E-state index contributed by atoms with van der Waals surface area (Å²) in [5, 5.41) is 11.4. The number of fused-ring (bicyclic) bond motifs is 1. The second-order valence-corrected chi connectivity index (χ2v) is 13.1. The molecule has 0 atom stereocenters. The van der Waals surface area contributed by atoms with Gasteiger partial charge in [0.2, 0.25) is 5.88 Å². The molecule has 3 aromatic heterocycles. The molecule has 3 heterocycles. The van der Waals surface area contributed by atoms with Crippen LogP contribution in [0.2, 0.25) is 5.02 Å². The molecule has 2 aromatic carbocycles. The molecule has 0 aliphatic heterocycles. The van der Waals surface area contributed by atoms with Gasteiger partial charge in [0.1, 0.15) is 17.2 Å². The van der Waals surface area contributed by atoms with E-state index in [2.05, 4.69) is 4.98 Å². The molecule has 0 radical (unpaired) electrons. The molecule has 1 saturated carbocycles. The Balaban J connectivity index is 1.33. The first-order chi connectivity index (χ1) is 23.0. The van der Waals surface area contributed by atoms with Gasteiger partial charge in [0.05, 0.1) is 48.7 Å². The summed E-state index contributed by atoms with van der Waals surface area (Å²) in [5.41, 5.74) is 4.40. The summed E-state index contributed by atoms with van der Waals surface area (Å²) in [7, 11) is 3.06. The predicted molar refractivity (Wildman–Crippen MR) is 184 cm³/mol. The van der Waals surface area contributed by atoms with Gasteiger partial charge in [0, 0.05) is 46.6 Å². The minimum atomic E-state index is -0.661. The number of pyridine rings is 2. The van der Waals surface area contributed by atoms with Crippen molar-refractivity contribution in [3.8, 4) is 39.8 Å². The topological polar surface area (TPSA) is 116 Å². The van der Waals surface area contributed by atoms with E-state index in [1.807, 2.05) is 86.1 Å². The maximum Gasteiger partial charge on any atom is 0.410 e. The van der Waals surface area contributed by atoms with Gasteiger partial charge in [-0.1, -0.05) is 41.9 Å². The summed E-state index contributed by atoms with van der Waals surface area (Å²) < 4.78 is 18.7. The summed E-state index contributed by atoms with van der Waals surface area (Å²) in [6, 6.07) is 19.1. The van der Waals surface area contributed by atoms with Crippen LogP contribution in [-0.2, 0) is 11.3 Å². The van der Waals surface area contributed by atoms with Crippen LogP contribution in [0.1, 0.15) is 49.5 Å². The summed E-state index contributed by atoms with van der Waals surface area (Å²) >= 11 is 7.14. The Bertz CT molecular complexity index is 2000. The van der Waals surface area contributed by atoms with Crippen molar-refractivity contribution < 1.29 is 28.9 Å². The number of aromatic nitrogens is 3. The highest BCUT2D eigenvalue weighted by Crippen LogP contribution is 2.40. The monoisotopic (exact) mass is 668 g/mol. The second-order valence-electron chi connectivity index (χ2n) is 12.7. The summed E-state index contributed by atoms with van der Waals surface area (Å²) in [6.45, 7) is 5.69. The number of nitrogens with zero attached hydrogens (tertiary/aromatic N) is 4. The van der Waals surface area contributed by atoms with E-state index in [9.17, 15) is 14.7 Å². The van der Waals surface area contributed by atoms with Gasteiger partial charge in [-0.2, -0.15) is 0 Å². The van der Waals surface area contributed by atoms with E-state index in [-0.39, 0.29) is 12.6 Å². The summed E-state index contributed by atoms with van der Waals surface area (Å²) in [4.78, 5) is 35.5. The molecule has 1 aliphatic carbocycles. The quantitative estimate of drug-likeness (QED) is 0.161. The molecule has 1 amide bonds. The first kappa shape index (κ1) is 33.0. The smallest absolute Gasteiger partial charge is 0.410 e. The number of aldehydes is 1. The number of rotatable bonds is 9. The van der Waals surface area contributed by atoms with Crippen molar-refractivity contribution in [2.45, 2.75) is 57.9 Å². The zero-order chi connectivity index (χ0) is 34.2. The molecular formula is C37H37ClN4O6. The normalized spacial score (nSPS) is 15.9. The molecule has 0 spiro atoms. The number of aliphatic hydroxyl groups is 1. The van der Waals surface area contributed by atoms with Gasteiger partial charge in [-0.15, -0.1) is 0 Å². The molecule has 1 fully saturated rings. The number of hydrogen-bond acceptors (Lipinski definition) is 8. The van der Waals surface area contributed by atoms with Gasteiger partial charge in [-0.05, 0) is 63.4 Å². The minimum Gasteiger partial charge on any atom is -0.496 e. The fraction of sp³-hybridized carbons (Fsp3) is 0.297. The SMILES string of the molecule is COc1cc(-n2ccc3c(-c4cccc(-c5ccc(CN(C(=O)OC(C)(C)C)[C@H]6C[C@@H](O)C6)c(OC)n5)c4Cl)cccc32)ncc1C=O. The maximum atomic E-state index is 13.2. The van der Waals surface area contributed by atoms with Crippen LogP contribution in [0, 0.1) is 0 Å². The van der Waals surface area contributed by atoms with E-state index < -0.39 is 17.8 Å². The van der Waals surface area contributed by atoms with E-state index in [4.69, 9.17) is 30.8 Å². The second kappa shape index (κ2) is 13.3. The van der Waals surface area contributed by atoms with Gasteiger partial charge < -0.3 is 28.8 Å². The van der Waals surface area contributed by atoms with Gasteiger partial charge in [0.25, 0.3) is 0 Å². The van der Waals surface area contributed by atoms with Gasteiger partial charge in [-0.25, -0.2) is 14.8 Å². The third kappa shape index (κ3) is 6.46. The van der Waals surface area contributed by atoms with E-state index in [1.165, 1.54) is 13.3 Å². The number of carbonyl (C=O) groups excluding carboxylic acids is 2. The fourth-order valence-electron chi connectivity index (χ4n) is 5.95. The first-order valence-corrected chi connectivity index (χ1v) is 16.0. The van der Waals surface area contributed by atoms with Crippen LogP contribution in [0.3, 0.4) is 0 Å². The third-order valence-electron chi connectivity index (χ3n) is 8.40. The highest BCUT2D eigenvalue weighted by atomic mass is 35.5. The Morgan fingerprint density at radius 3 is 2.46 bits per heavy atom. The van der Waals surface area contributed by atoms with Crippen molar-refractivity contribution in [2.24, 2.45) is 0 Å². The van der Waals surface area contributed by atoms with Crippen LogP contribution in [-0.4, -0.2) is 68.9 Å². The Labute approximate surface area is 283 Å². The van der Waals surface area contributed by atoms with E-state index >= 15 is 0 Å². The number of amides is 1. The number of benzene rings is 2. The standard InChI is InChI=1S/C37H37ClN4O6/c1-37(2,3)48-36(45)42(24-16-25(44)17-24)20-22-12-13-30(40-35(22)47-5)29-10-6-9-28(34(29)38)26-8-7-11-31-27(26)14-15-41(31)33-18-32(46-4)23(21-43)19-39-33/h6-15,18-19,21,24-25,44H,16-17,20H2,1-5H3/t24-,25+. The van der Waals surface area contributed by atoms with Crippen LogP contribution < -0.4 is 9.47 Å². The minimum absolute atomic E-state index is 0.142. The predicted octanol–water partition coefficient (Wildman–Crippen LogP) is 7.50. The van der Waals surface area contributed by atoms with Gasteiger partial charge in [0.15, 0.2) is 6.29 Å². The molecule has 0 saturated heterocycles. The molecule has 48 heavy (non-hydrogen) atoms. The van der Waals surface area contributed by atoms with Crippen molar-refractivity contribution in [1.29, 1.82) is 0 Å². The van der Waals surface area contributed by atoms with E-state index in [0.717, 1.165) is 27.6 Å². The van der Waals surface area contributed by atoms with Gasteiger partial charge >= 0.3 is 6.09 Å². The van der Waals surface area contributed by atoms with Crippen LogP contribution in [0.25, 0.3) is 39.1 Å².